The Morgan fingerprint density at radius 3 is 3.07 bits per heavy atom. The van der Waals surface area contributed by atoms with Gasteiger partial charge in [-0.05, 0) is 23.8 Å². The van der Waals surface area contributed by atoms with Gasteiger partial charge in [-0.3, -0.25) is 4.79 Å². The van der Waals surface area contributed by atoms with E-state index in [0.717, 1.165) is 12.8 Å². The van der Waals surface area contributed by atoms with Crippen molar-refractivity contribution in [2.24, 2.45) is 0 Å². The summed E-state index contributed by atoms with van der Waals surface area (Å²) in [6, 6.07) is 0. The second-order valence-electron chi connectivity index (χ2n) is 3.70. The van der Waals surface area contributed by atoms with Gasteiger partial charge in [0.15, 0.2) is 0 Å². The Morgan fingerprint density at radius 2 is 2.50 bits per heavy atom. The van der Waals surface area contributed by atoms with Crippen LogP contribution in [0.15, 0.2) is 9.66 Å². The van der Waals surface area contributed by atoms with Crippen molar-refractivity contribution in [3.63, 3.8) is 0 Å². The summed E-state index contributed by atoms with van der Waals surface area (Å²) in [4.78, 5) is 11.0. The molecule has 0 aromatic rings. The highest BCUT2D eigenvalue weighted by Crippen LogP contribution is 2.20. The van der Waals surface area contributed by atoms with Gasteiger partial charge in [0.2, 0.25) is 0 Å². The first-order valence-electron chi connectivity index (χ1n) is 4.75. The predicted molar refractivity (Wildman–Crippen MR) is 62.1 cm³/mol. The minimum atomic E-state index is -0.509. The fraction of sp³-hybridized carbons (Fsp3) is 0.700. The van der Waals surface area contributed by atoms with Crippen LogP contribution in [0.3, 0.4) is 0 Å². The van der Waals surface area contributed by atoms with Crippen LogP contribution in [0.4, 0.5) is 0 Å². The van der Waals surface area contributed by atoms with Crippen LogP contribution in [0.1, 0.15) is 32.6 Å². The summed E-state index contributed by atoms with van der Waals surface area (Å²) in [5.41, 5.74) is 1.28. The second-order valence-corrected chi connectivity index (χ2v) is 4.32. The predicted octanol–water partition coefficient (Wildman–Crippen LogP) is 2.17. The van der Waals surface area contributed by atoms with Gasteiger partial charge in [-0.15, -0.1) is 0 Å². The number of aliphatic hydroxyl groups excluding tert-OH is 1. The van der Waals surface area contributed by atoms with E-state index in [1.54, 1.807) is 0 Å². The largest absolute Gasteiger partial charge is 0.462 e. The lowest BCUT2D eigenvalue weighted by Crippen LogP contribution is -2.32. The van der Waals surface area contributed by atoms with Crippen LogP contribution in [-0.2, 0) is 9.53 Å². The smallest absolute Gasteiger partial charge is 0.308 e. The van der Waals surface area contributed by atoms with E-state index >= 15 is 0 Å². The van der Waals surface area contributed by atoms with E-state index in [0.29, 0.717) is 6.42 Å². The molecular weight excluding hydrogens is 295 g/mol. The molecule has 1 heterocycles. The standard InChI is InChI=1S/C10H15IO3/c1-7(6-11)2-3-9-4-8(12)5-10(13)14-9/h6,8-9,12H,2-5H2,1H3/b7-6+/t8-,9+/m1/s1. The topological polar surface area (TPSA) is 46.5 Å². The highest BCUT2D eigenvalue weighted by atomic mass is 127. The van der Waals surface area contributed by atoms with Crippen LogP contribution in [0.2, 0.25) is 0 Å². The number of hydrogen-bond donors (Lipinski definition) is 1. The Labute approximate surface area is 97.7 Å². The molecule has 3 nitrogen and oxygen atoms in total. The van der Waals surface area contributed by atoms with Crippen LogP contribution < -0.4 is 0 Å². The Kier molecular flexibility index (Phi) is 4.88. The summed E-state index contributed by atoms with van der Waals surface area (Å²) in [5, 5.41) is 9.36. The summed E-state index contributed by atoms with van der Waals surface area (Å²) in [6.45, 7) is 2.05. The number of halogens is 1. The summed E-state index contributed by atoms with van der Waals surface area (Å²) in [7, 11) is 0. The highest BCUT2D eigenvalue weighted by molar-refractivity contribution is 14.1. The molecule has 80 valence electrons. The molecule has 0 amide bonds. The molecule has 0 aromatic heterocycles. The summed E-state index contributed by atoms with van der Waals surface area (Å²) in [6.07, 6.45) is 1.86. The van der Waals surface area contributed by atoms with E-state index in [2.05, 4.69) is 22.6 Å². The second kappa shape index (κ2) is 5.70. The highest BCUT2D eigenvalue weighted by Gasteiger charge is 2.26. The third-order valence-corrected chi connectivity index (χ3v) is 3.35. The number of ether oxygens (including phenoxy) is 1. The maximum Gasteiger partial charge on any atom is 0.308 e. The maximum atomic E-state index is 11.0. The Balaban J connectivity index is 2.34. The molecule has 0 bridgehead atoms. The van der Waals surface area contributed by atoms with Crippen molar-refractivity contribution in [2.75, 3.05) is 0 Å². The Hall–Kier alpha value is -0.100. The minimum absolute atomic E-state index is 0.0995. The van der Waals surface area contributed by atoms with E-state index in [-0.39, 0.29) is 18.5 Å². The van der Waals surface area contributed by atoms with Gasteiger partial charge in [-0.1, -0.05) is 28.2 Å². The van der Waals surface area contributed by atoms with Crippen molar-refractivity contribution in [1.82, 2.24) is 0 Å². The lowest BCUT2D eigenvalue weighted by Gasteiger charge is -2.25. The number of carbonyl (C=O) groups is 1. The first-order chi connectivity index (χ1) is 6.61. The van der Waals surface area contributed by atoms with Gasteiger partial charge in [-0.2, -0.15) is 0 Å². The fourth-order valence-corrected chi connectivity index (χ4v) is 1.79. The fourth-order valence-electron chi connectivity index (χ4n) is 1.48. The molecule has 0 radical (unpaired) electrons. The summed E-state index contributed by atoms with van der Waals surface area (Å²) < 4.78 is 7.15. The monoisotopic (exact) mass is 310 g/mol. The van der Waals surface area contributed by atoms with Crippen molar-refractivity contribution in [2.45, 2.75) is 44.8 Å². The van der Waals surface area contributed by atoms with Crippen LogP contribution in [0.25, 0.3) is 0 Å². The average Bonchev–Trinajstić information content (AvgIpc) is 2.12. The van der Waals surface area contributed by atoms with Gasteiger partial charge in [0.05, 0.1) is 12.5 Å². The average molecular weight is 310 g/mol. The van der Waals surface area contributed by atoms with Crippen LogP contribution in [0, 0.1) is 0 Å². The molecule has 1 saturated heterocycles. The first-order valence-corrected chi connectivity index (χ1v) is 5.99. The number of aliphatic hydroxyl groups is 1. The molecule has 0 unspecified atom stereocenters. The van der Waals surface area contributed by atoms with E-state index < -0.39 is 6.10 Å². The first kappa shape index (κ1) is 12.0. The molecule has 1 fully saturated rings. The maximum absolute atomic E-state index is 11.0. The lowest BCUT2D eigenvalue weighted by molar-refractivity contribution is -0.160. The number of cyclic esters (lactones) is 1. The van der Waals surface area contributed by atoms with E-state index in [4.69, 9.17) is 4.74 Å². The number of carbonyl (C=O) groups excluding carboxylic acids is 1. The van der Waals surface area contributed by atoms with Crippen molar-refractivity contribution in [3.8, 4) is 0 Å². The zero-order chi connectivity index (χ0) is 10.6. The molecule has 1 aliphatic rings. The molecule has 0 aliphatic carbocycles. The normalized spacial score (nSPS) is 28.8. The van der Waals surface area contributed by atoms with Gasteiger partial charge in [0, 0.05) is 6.42 Å². The Morgan fingerprint density at radius 1 is 1.79 bits per heavy atom. The molecule has 4 heteroatoms. The van der Waals surface area contributed by atoms with Crippen LogP contribution in [-0.4, -0.2) is 23.3 Å². The van der Waals surface area contributed by atoms with Gasteiger partial charge in [0.1, 0.15) is 6.10 Å². The molecule has 0 saturated carbocycles. The third-order valence-electron chi connectivity index (χ3n) is 2.28. The van der Waals surface area contributed by atoms with Gasteiger partial charge in [-0.25, -0.2) is 0 Å². The molecule has 0 spiro atoms. The SMILES string of the molecule is C/C(=C\I)CC[C@H]1C[C@@H](O)CC(=O)O1. The number of rotatable bonds is 3. The number of esters is 1. The van der Waals surface area contributed by atoms with E-state index in [9.17, 15) is 9.90 Å². The zero-order valence-electron chi connectivity index (χ0n) is 8.20. The molecule has 0 aromatic carbocycles. The molecule has 1 rings (SSSR count). The van der Waals surface area contributed by atoms with Gasteiger partial charge >= 0.3 is 5.97 Å². The molecule has 2 atom stereocenters. The van der Waals surface area contributed by atoms with E-state index in [1.165, 1.54) is 5.57 Å². The molecule has 14 heavy (non-hydrogen) atoms. The minimum Gasteiger partial charge on any atom is -0.462 e. The van der Waals surface area contributed by atoms with Crippen LogP contribution >= 0.6 is 22.6 Å². The summed E-state index contributed by atoms with van der Waals surface area (Å²) in [5.74, 6) is -0.273. The number of allylic oxidation sites excluding steroid dienone is 1. The van der Waals surface area contributed by atoms with Gasteiger partial charge < -0.3 is 9.84 Å². The lowest BCUT2D eigenvalue weighted by atomic mass is 10.0. The summed E-state index contributed by atoms with van der Waals surface area (Å²) >= 11 is 2.20. The van der Waals surface area contributed by atoms with Crippen molar-refractivity contribution >= 4 is 28.6 Å². The molecule has 1 N–H and O–H groups in total. The Bertz CT molecular complexity index is 238. The molecular formula is C10H15IO3. The van der Waals surface area contributed by atoms with Crippen molar-refractivity contribution in [3.05, 3.63) is 9.66 Å². The quantitative estimate of drug-likeness (QED) is 0.642. The number of hydrogen-bond acceptors (Lipinski definition) is 3. The zero-order valence-corrected chi connectivity index (χ0v) is 10.4. The molecule has 1 aliphatic heterocycles. The third kappa shape index (κ3) is 3.96. The van der Waals surface area contributed by atoms with Crippen molar-refractivity contribution in [1.29, 1.82) is 0 Å². The van der Waals surface area contributed by atoms with Gasteiger partial charge in [0.25, 0.3) is 0 Å². The van der Waals surface area contributed by atoms with Crippen molar-refractivity contribution < 1.29 is 14.6 Å². The van der Waals surface area contributed by atoms with E-state index in [1.807, 2.05) is 11.0 Å². The van der Waals surface area contributed by atoms with Crippen LogP contribution in [0.5, 0.6) is 0 Å².